The highest BCUT2D eigenvalue weighted by Crippen LogP contribution is 2.25. The average Bonchev–Trinajstić information content (AvgIpc) is 2.49. The van der Waals surface area contributed by atoms with Crippen LogP contribution >= 0.6 is 22.6 Å². The molecule has 0 fully saturated rings. The summed E-state index contributed by atoms with van der Waals surface area (Å²) >= 11 is 2.22. The molecule has 0 N–H and O–H groups in total. The van der Waals surface area contributed by atoms with Gasteiger partial charge in [-0.05, 0) is 40.3 Å². The normalized spacial score (nSPS) is 11.9. The van der Waals surface area contributed by atoms with Gasteiger partial charge in [-0.2, -0.15) is 0 Å². The lowest BCUT2D eigenvalue weighted by atomic mass is 10.1. The third-order valence-corrected chi connectivity index (χ3v) is 4.02. The molecule has 0 aliphatic carbocycles. The first-order valence-corrected chi connectivity index (χ1v) is 7.33. The predicted molar refractivity (Wildman–Crippen MR) is 88.8 cm³/mol. The van der Waals surface area contributed by atoms with E-state index in [2.05, 4.69) is 22.6 Å². The van der Waals surface area contributed by atoms with Gasteiger partial charge in [0.1, 0.15) is 0 Å². The van der Waals surface area contributed by atoms with Crippen molar-refractivity contribution in [2.75, 3.05) is 19.1 Å². The topological polar surface area (TPSA) is 29.5 Å². The van der Waals surface area contributed by atoms with E-state index >= 15 is 0 Å². The van der Waals surface area contributed by atoms with Crippen LogP contribution in [0.2, 0.25) is 0 Å². The van der Waals surface area contributed by atoms with Crippen molar-refractivity contribution < 1.29 is 9.53 Å². The summed E-state index contributed by atoms with van der Waals surface area (Å²) in [6.07, 6.45) is -0.586. The molecule has 0 saturated heterocycles. The fourth-order valence-electron chi connectivity index (χ4n) is 2.03. The Hall–Kier alpha value is -1.40. The number of rotatable bonds is 4. The average molecular weight is 381 g/mol. The molecule has 0 aliphatic heterocycles. The molecule has 4 heteroatoms. The fraction of sp³-hybridized carbons (Fsp3) is 0.188. The van der Waals surface area contributed by atoms with E-state index in [1.54, 1.807) is 19.1 Å². The summed E-state index contributed by atoms with van der Waals surface area (Å²) in [7, 11) is 3.33. The SMILES string of the molecule is COC(C(=O)N(C)c1ccccc1I)c1ccccc1. The van der Waals surface area contributed by atoms with Gasteiger partial charge in [-0.3, -0.25) is 4.79 Å². The minimum atomic E-state index is -0.586. The lowest BCUT2D eigenvalue weighted by Crippen LogP contribution is -2.33. The maximum absolute atomic E-state index is 12.6. The highest BCUT2D eigenvalue weighted by atomic mass is 127. The van der Waals surface area contributed by atoms with Gasteiger partial charge in [-0.15, -0.1) is 0 Å². The summed E-state index contributed by atoms with van der Waals surface area (Å²) in [6.45, 7) is 0. The van der Waals surface area contributed by atoms with Gasteiger partial charge >= 0.3 is 0 Å². The third kappa shape index (κ3) is 3.19. The molecule has 1 atom stereocenters. The molecule has 104 valence electrons. The van der Waals surface area contributed by atoms with Crippen LogP contribution in [0.5, 0.6) is 0 Å². The number of likely N-dealkylation sites (N-methyl/N-ethyl adjacent to an activating group) is 1. The van der Waals surface area contributed by atoms with Crippen molar-refractivity contribution in [3.05, 3.63) is 63.7 Å². The molecular formula is C16H16INO2. The zero-order chi connectivity index (χ0) is 14.5. The van der Waals surface area contributed by atoms with Gasteiger partial charge in [-0.1, -0.05) is 42.5 Å². The van der Waals surface area contributed by atoms with Crippen LogP contribution in [0.15, 0.2) is 54.6 Å². The van der Waals surface area contributed by atoms with Crippen molar-refractivity contribution in [3.63, 3.8) is 0 Å². The lowest BCUT2D eigenvalue weighted by molar-refractivity contribution is -0.128. The van der Waals surface area contributed by atoms with Gasteiger partial charge in [0.15, 0.2) is 6.10 Å². The number of halogens is 1. The van der Waals surface area contributed by atoms with Crippen LogP contribution in [-0.2, 0) is 9.53 Å². The molecule has 20 heavy (non-hydrogen) atoms. The van der Waals surface area contributed by atoms with E-state index in [-0.39, 0.29) is 5.91 Å². The Bertz CT molecular complexity index is 586. The number of ether oxygens (including phenoxy) is 1. The van der Waals surface area contributed by atoms with E-state index in [0.29, 0.717) is 0 Å². The molecule has 2 rings (SSSR count). The molecule has 0 saturated carbocycles. The Morgan fingerprint density at radius 3 is 2.30 bits per heavy atom. The van der Waals surface area contributed by atoms with Gasteiger partial charge in [0.2, 0.25) is 0 Å². The van der Waals surface area contributed by atoms with Crippen molar-refractivity contribution in [2.24, 2.45) is 0 Å². The van der Waals surface area contributed by atoms with Crippen LogP contribution in [0.3, 0.4) is 0 Å². The van der Waals surface area contributed by atoms with Crippen LogP contribution in [-0.4, -0.2) is 20.1 Å². The maximum atomic E-state index is 12.6. The molecule has 0 aliphatic rings. The van der Waals surface area contributed by atoms with Crippen molar-refractivity contribution in [2.45, 2.75) is 6.10 Å². The largest absolute Gasteiger partial charge is 0.367 e. The second-order valence-electron chi connectivity index (χ2n) is 4.38. The Morgan fingerprint density at radius 2 is 1.70 bits per heavy atom. The van der Waals surface area contributed by atoms with Crippen LogP contribution in [0.25, 0.3) is 0 Å². The van der Waals surface area contributed by atoms with Gasteiger partial charge in [0, 0.05) is 17.7 Å². The number of carbonyl (C=O) groups is 1. The number of nitrogens with zero attached hydrogens (tertiary/aromatic N) is 1. The van der Waals surface area contributed by atoms with Crippen LogP contribution < -0.4 is 4.90 Å². The molecule has 2 aromatic rings. The minimum absolute atomic E-state index is 0.0807. The molecular weight excluding hydrogens is 365 g/mol. The number of para-hydroxylation sites is 1. The highest BCUT2D eigenvalue weighted by Gasteiger charge is 2.25. The lowest BCUT2D eigenvalue weighted by Gasteiger charge is -2.24. The van der Waals surface area contributed by atoms with E-state index in [0.717, 1.165) is 14.8 Å². The number of hydrogen-bond donors (Lipinski definition) is 0. The maximum Gasteiger partial charge on any atom is 0.260 e. The van der Waals surface area contributed by atoms with Gasteiger partial charge < -0.3 is 9.64 Å². The first-order chi connectivity index (χ1) is 9.65. The van der Waals surface area contributed by atoms with E-state index in [9.17, 15) is 4.79 Å². The Morgan fingerprint density at radius 1 is 1.10 bits per heavy atom. The molecule has 2 aromatic carbocycles. The van der Waals surface area contributed by atoms with E-state index in [1.807, 2.05) is 54.6 Å². The summed E-state index contributed by atoms with van der Waals surface area (Å²) in [6, 6.07) is 17.3. The van der Waals surface area contributed by atoms with Crippen LogP contribution in [0.4, 0.5) is 5.69 Å². The highest BCUT2D eigenvalue weighted by molar-refractivity contribution is 14.1. The number of hydrogen-bond acceptors (Lipinski definition) is 2. The van der Waals surface area contributed by atoms with Gasteiger partial charge in [-0.25, -0.2) is 0 Å². The summed E-state index contributed by atoms with van der Waals surface area (Å²) in [5, 5.41) is 0. The van der Waals surface area contributed by atoms with E-state index in [1.165, 1.54) is 0 Å². The predicted octanol–water partition coefficient (Wildman–Crippen LogP) is 3.64. The third-order valence-electron chi connectivity index (χ3n) is 3.11. The molecule has 3 nitrogen and oxygen atoms in total. The summed E-state index contributed by atoms with van der Waals surface area (Å²) in [5.41, 5.74) is 1.74. The Kier molecular flexibility index (Phi) is 5.14. The first-order valence-electron chi connectivity index (χ1n) is 6.25. The van der Waals surface area contributed by atoms with Crippen LogP contribution in [0.1, 0.15) is 11.7 Å². The second kappa shape index (κ2) is 6.85. The number of benzene rings is 2. The number of amides is 1. The second-order valence-corrected chi connectivity index (χ2v) is 5.54. The Balaban J connectivity index is 2.28. The zero-order valence-electron chi connectivity index (χ0n) is 11.4. The van der Waals surface area contributed by atoms with Crippen LogP contribution in [0, 0.1) is 3.57 Å². The monoisotopic (exact) mass is 381 g/mol. The van der Waals surface area contributed by atoms with Gasteiger partial charge in [0.25, 0.3) is 5.91 Å². The number of carbonyl (C=O) groups excluding carboxylic acids is 1. The van der Waals surface area contributed by atoms with Crippen molar-refractivity contribution in [1.82, 2.24) is 0 Å². The summed E-state index contributed by atoms with van der Waals surface area (Å²) < 4.78 is 6.42. The Labute approximate surface area is 132 Å². The molecule has 1 amide bonds. The molecule has 0 aromatic heterocycles. The molecule has 0 bridgehead atoms. The smallest absolute Gasteiger partial charge is 0.260 e. The standard InChI is InChI=1S/C16H16INO2/c1-18(14-11-7-6-10-13(14)17)16(19)15(20-2)12-8-4-3-5-9-12/h3-11,15H,1-2H3. The van der Waals surface area contributed by atoms with Crippen molar-refractivity contribution in [1.29, 1.82) is 0 Å². The molecule has 0 radical (unpaired) electrons. The molecule has 0 heterocycles. The molecule has 0 spiro atoms. The fourth-order valence-corrected chi connectivity index (χ4v) is 2.77. The van der Waals surface area contributed by atoms with E-state index < -0.39 is 6.10 Å². The van der Waals surface area contributed by atoms with Gasteiger partial charge in [0.05, 0.1) is 5.69 Å². The quantitative estimate of drug-likeness (QED) is 0.757. The van der Waals surface area contributed by atoms with Crippen molar-refractivity contribution in [3.8, 4) is 0 Å². The number of anilines is 1. The number of methoxy groups -OCH3 is 1. The summed E-state index contributed by atoms with van der Waals surface area (Å²) in [4.78, 5) is 14.3. The molecule has 1 unspecified atom stereocenters. The first kappa shape index (κ1) is 15.0. The van der Waals surface area contributed by atoms with Crippen molar-refractivity contribution >= 4 is 34.2 Å². The summed E-state index contributed by atoms with van der Waals surface area (Å²) in [5.74, 6) is -0.0807. The minimum Gasteiger partial charge on any atom is -0.367 e. The zero-order valence-corrected chi connectivity index (χ0v) is 13.6. The van der Waals surface area contributed by atoms with E-state index in [4.69, 9.17) is 4.74 Å².